The minimum atomic E-state index is -0.165. The van der Waals surface area contributed by atoms with Gasteiger partial charge in [0.25, 0.3) is 5.91 Å². The number of benzene rings is 1. The third-order valence-electron chi connectivity index (χ3n) is 3.42. The lowest BCUT2D eigenvalue weighted by atomic mass is 9.92. The van der Waals surface area contributed by atoms with Crippen LogP contribution in [0.15, 0.2) is 22.7 Å². The maximum absolute atomic E-state index is 12.4. The lowest BCUT2D eigenvalue weighted by molar-refractivity contribution is 0.102. The quantitative estimate of drug-likeness (QED) is 0.902. The van der Waals surface area contributed by atoms with Crippen LogP contribution in [-0.2, 0) is 5.41 Å². The van der Waals surface area contributed by atoms with E-state index in [0.29, 0.717) is 11.4 Å². The molecular formula is C17H22N2O2. The second-order valence-corrected chi connectivity index (χ2v) is 6.55. The maximum atomic E-state index is 12.4. The molecular weight excluding hydrogens is 264 g/mol. The molecule has 0 saturated heterocycles. The van der Waals surface area contributed by atoms with E-state index in [9.17, 15) is 4.79 Å². The molecule has 2 aromatic rings. The van der Waals surface area contributed by atoms with Crippen molar-refractivity contribution < 1.29 is 9.32 Å². The molecule has 1 aromatic carbocycles. The predicted molar refractivity (Wildman–Crippen MR) is 83.8 cm³/mol. The molecule has 21 heavy (non-hydrogen) atoms. The number of hydrogen-bond acceptors (Lipinski definition) is 3. The fourth-order valence-electron chi connectivity index (χ4n) is 2.40. The summed E-state index contributed by atoms with van der Waals surface area (Å²) in [6.45, 7) is 12.0. The fraction of sp³-hybridized carbons (Fsp3) is 0.412. The summed E-state index contributed by atoms with van der Waals surface area (Å²) in [6.07, 6.45) is 0. The average Bonchev–Trinajstić information content (AvgIpc) is 2.75. The second-order valence-electron chi connectivity index (χ2n) is 6.55. The smallest absolute Gasteiger partial charge is 0.258 e. The zero-order valence-electron chi connectivity index (χ0n) is 13.5. The summed E-state index contributed by atoms with van der Waals surface area (Å²) in [4.78, 5) is 12.4. The fourth-order valence-corrected chi connectivity index (χ4v) is 2.40. The van der Waals surface area contributed by atoms with E-state index in [0.717, 1.165) is 22.4 Å². The number of amides is 1. The summed E-state index contributed by atoms with van der Waals surface area (Å²) in [5.74, 6) is 0.214. The number of rotatable bonds is 2. The Kier molecular flexibility index (Phi) is 3.90. The Morgan fingerprint density at radius 1 is 1.10 bits per heavy atom. The van der Waals surface area contributed by atoms with Gasteiger partial charge in [0.15, 0.2) is 0 Å². The highest BCUT2D eigenvalue weighted by Crippen LogP contribution is 2.24. The first-order valence-electron chi connectivity index (χ1n) is 7.05. The van der Waals surface area contributed by atoms with Gasteiger partial charge >= 0.3 is 0 Å². The van der Waals surface area contributed by atoms with Gasteiger partial charge in [-0.15, -0.1) is 0 Å². The number of nitrogens with zero attached hydrogens (tertiary/aromatic N) is 1. The highest BCUT2D eigenvalue weighted by Gasteiger charge is 2.20. The SMILES string of the molecule is Cc1cc(C)c(C(=O)Nc2cc(C(C)(C)C)no2)c(C)c1. The van der Waals surface area contributed by atoms with Gasteiger partial charge in [-0.05, 0) is 31.9 Å². The molecule has 1 heterocycles. The zero-order chi connectivity index (χ0) is 15.8. The van der Waals surface area contributed by atoms with E-state index in [-0.39, 0.29) is 11.3 Å². The monoisotopic (exact) mass is 286 g/mol. The van der Waals surface area contributed by atoms with Gasteiger partial charge in [0, 0.05) is 17.0 Å². The molecule has 112 valence electrons. The largest absolute Gasteiger partial charge is 0.338 e. The van der Waals surface area contributed by atoms with E-state index >= 15 is 0 Å². The second kappa shape index (κ2) is 5.35. The Labute approximate surface area is 125 Å². The minimum absolute atomic E-state index is 0.109. The van der Waals surface area contributed by atoms with Crippen LogP contribution in [0.1, 0.15) is 53.5 Å². The van der Waals surface area contributed by atoms with Gasteiger partial charge in [-0.1, -0.05) is 43.6 Å². The molecule has 0 aliphatic rings. The number of hydrogen-bond donors (Lipinski definition) is 1. The number of nitrogens with one attached hydrogen (secondary N) is 1. The van der Waals surface area contributed by atoms with Crippen molar-refractivity contribution in [2.24, 2.45) is 0 Å². The molecule has 0 radical (unpaired) electrons. The topological polar surface area (TPSA) is 55.1 Å². The molecule has 1 aromatic heterocycles. The Bertz CT molecular complexity index is 655. The molecule has 0 spiro atoms. The molecule has 1 N–H and O–H groups in total. The summed E-state index contributed by atoms with van der Waals surface area (Å²) < 4.78 is 5.20. The van der Waals surface area contributed by atoms with Gasteiger partial charge in [-0.3, -0.25) is 10.1 Å². The van der Waals surface area contributed by atoms with E-state index in [1.165, 1.54) is 0 Å². The van der Waals surface area contributed by atoms with Crippen molar-refractivity contribution in [2.45, 2.75) is 47.0 Å². The van der Waals surface area contributed by atoms with Crippen molar-refractivity contribution in [3.63, 3.8) is 0 Å². The van der Waals surface area contributed by atoms with Crippen molar-refractivity contribution in [2.75, 3.05) is 5.32 Å². The average molecular weight is 286 g/mol. The van der Waals surface area contributed by atoms with Gasteiger partial charge in [-0.25, -0.2) is 0 Å². The predicted octanol–water partition coefficient (Wildman–Crippen LogP) is 4.15. The van der Waals surface area contributed by atoms with Crippen LogP contribution in [0, 0.1) is 20.8 Å². The van der Waals surface area contributed by atoms with Gasteiger partial charge in [0.1, 0.15) is 0 Å². The van der Waals surface area contributed by atoms with E-state index < -0.39 is 0 Å². The van der Waals surface area contributed by atoms with Gasteiger partial charge in [0.05, 0.1) is 5.69 Å². The number of aromatic nitrogens is 1. The molecule has 0 aliphatic carbocycles. The van der Waals surface area contributed by atoms with Gasteiger partial charge in [0.2, 0.25) is 5.88 Å². The summed E-state index contributed by atoms with van der Waals surface area (Å²) in [7, 11) is 0. The van der Waals surface area contributed by atoms with Crippen LogP contribution in [-0.4, -0.2) is 11.1 Å². The highest BCUT2D eigenvalue weighted by molar-refractivity contribution is 6.05. The van der Waals surface area contributed by atoms with Crippen LogP contribution >= 0.6 is 0 Å². The Hall–Kier alpha value is -2.10. The van der Waals surface area contributed by atoms with Gasteiger partial charge in [-0.2, -0.15) is 0 Å². The van der Waals surface area contributed by atoms with Crippen molar-refractivity contribution >= 4 is 11.8 Å². The molecule has 4 nitrogen and oxygen atoms in total. The number of carbonyl (C=O) groups is 1. The molecule has 0 aliphatic heterocycles. The third-order valence-corrected chi connectivity index (χ3v) is 3.42. The van der Waals surface area contributed by atoms with Crippen molar-refractivity contribution in [3.05, 3.63) is 46.1 Å². The number of aryl methyl sites for hydroxylation is 3. The van der Waals surface area contributed by atoms with Crippen LogP contribution in [0.5, 0.6) is 0 Å². The van der Waals surface area contributed by atoms with Crippen LogP contribution in [0.25, 0.3) is 0 Å². The molecule has 0 unspecified atom stereocenters. The van der Waals surface area contributed by atoms with E-state index in [2.05, 4.69) is 10.5 Å². The lowest BCUT2D eigenvalue weighted by Gasteiger charge is -2.12. The lowest BCUT2D eigenvalue weighted by Crippen LogP contribution is -2.15. The summed E-state index contributed by atoms with van der Waals surface area (Å²) in [6, 6.07) is 5.78. The molecule has 0 saturated carbocycles. The minimum Gasteiger partial charge on any atom is -0.338 e. The zero-order valence-corrected chi connectivity index (χ0v) is 13.5. The van der Waals surface area contributed by atoms with Crippen molar-refractivity contribution in [1.29, 1.82) is 0 Å². The number of anilines is 1. The summed E-state index contributed by atoms with van der Waals surface area (Å²) >= 11 is 0. The Morgan fingerprint density at radius 2 is 1.67 bits per heavy atom. The first kappa shape index (κ1) is 15.3. The van der Waals surface area contributed by atoms with E-state index in [4.69, 9.17) is 4.52 Å². The highest BCUT2D eigenvalue weighted by atomic mass is 16.5. The Morgan fingerprint density at radius 3 is 2.14 bits per heavy atom. The standard InChI is InChI=1S/C17H22N2O2/c1-10-7-11(2)15(12(3)8-10)16(20)18-14-9-13(19-21-14)17(4,5)6/h7-9H,1-6H3,(H,18,20). The van der Waals surface area contributed by atoms with Crippen LogP contribution in [0.4, 0.5) is 5.88 Å². The van der Waals surface area contributed by atoms with Crippen molar-refractivity contribution in [3.8, 4) is 0 Å². The Balaban J connectivity index is 2.25. The third kappa shape index (κ3) is 3.32. The molecule has 4 heteroatoms. The van der Waals surface area contributed by atoms with Crippen LogP contribution in [0.2, 0.25) is 0 Å². The van der Waals surface area contributed by atoms with E-state index in [1.54, 1.807) is 6.07 Å². The van der Waals surface area contributed by atoms with Crippen LogP contribution in [0.3, 0.4) is 0 Å². The normalized spacial score (nSPS) is 11.5. The first-order valence-corrected chi connectivity index (χ1v) is 7.05. The molecule has 0 atom stereocenters. The molecule has 1 amide bonds. The summed E-state index contributed by atoms with van der Waals surface area (Å²) in [5, 5.41) is 6.79. The first-order chi connectivity index (χ1) is 9.68. The van der Waals surface area contributed by atoms with Crippen molar-refractivity contribution in [1.82, 2.24) is 5.16 Å². The maximum Gasteiger partial charge on any atom is 0.258 e. The molecule has 0 bridgehead atoms. The van der Waals surface area contributed by atoms with E-state index in [1.807, 2.05) is 53.7 Å². The number of carbonyl (C=O) groups excluding carboxylic acids is 1. The van der Waals surface area contributed by atoms with Crippen LogP contribution < -0.4 is 5.32 Å². The molecule has 2 rings (SSSR count). The summed E-state index contributed by atoms with van der Waals surface area (Å²) in [5.41, 5.74) is 4.46. The molecule has 0 fully saturated rings. The van der Waals surface area contributed by atoms with Gasteiger partial charge < -0.3 is 4.52 Å².